The standard InChI is InChI=1S/C15H21N3O.HI/c1-19-12-7-5-11(6-8-12)17-15(16)18-14-9-13(14)10-3-2-4-10;/h5-8,10,13-14H,2-4,9H2,1H3,(H3,16,17,18);1H/t13-,14+;/m0./s1. The summed E-state index contributed by atoms with van der Waals surface area (Å²) in [5.41, 5.74) is 6.89. The summed E-state index contributed by atoms with van der Waals surface area (Å²) in [7, 11) is 1.66. The van der Waals surface area contributed by atoms with Crippen LogP contribution in [0.15, 0.2) is 29.3 Å². The largest absolute Gasteiger partial charge is 0.497 e. The SMILES string of the molecule is COc1ccc(NC(N)=N[C@@H]2C[C@H]2C2CCC2)cc1.I. The zero-order chi connectivity index (χ0) is 13.2. The number of ether oxygens (including phenoxy) is 1. The third-order valence-corrected chi connectivity index (χ3v) is 4.23. The summed E-state index contributed by atoms with van der Waals surface area (Å²) in [4.78, 5) is 4.56. The Bertz CT molecular complexity index is 471. The lowest BCUT2D eigenvalue weighted by Crippen LogP contribution is -2.24. The van der Waals surface area contributed by atoms with Gasteiger partial charge in [0.15, 0.2) is 5.96 Å². The van der Waals surface area contributed by atoms with E-state index in [1.807, 2.05) is 24.3 Å². The van der Waals surface area contributed by atoms with Crippen LogP contribution in [-0.4, -0.2) is 19.1 Å². The number of anilines is 1. The molecule has 0 radical (unpaired) electrons. The zero-order valence-corrected chi connectivity index (χ0v) is 14.0. The van der Waals surface area contributed by atoms with E-state index >= 15 is 0 Å². The van der Waals surface area contributed by atoms with Gasteiger partial charge >= 0.3 is 0 Å². The van der Waals surface area contributed by atoms with Crippen molar-refractivity contribution in [1.29, 1.82) is 0 Å². The molecule has 0 amide bonds. The van der Waals surface area contributed by atoms with Crippen molar-refractivity contribution >= 4 is 35.6 Å². The maximum atomic E-state index is 5.95. The fourth-order valence-corrected chi connectivity index (χ4v) is 2.76. The van der Waals surface area contributed by atoms with Gasteiger partial charge in [0.2, 0.25) is 0 Å². The summed E-state index contributed by atoms with van der Waals surface area (Å²) in [6.45, 7) is 0. The van der Waals surface area contributed by atoms with Crippen LogP contribution in [0.4, 0.5) is 5.69 Å². The Morgan fingerprint density at radius 1 is 1.30 bits per heavy atom. The van der Waals surface area contributed by atoms with Crippen molar-refractivity contribution in [2.45, 2.75) is 31.7 Å². The molecule has 2 aliphatic carbocycles. The average molecular weight is 387 g/mol. The monoisotopic (exact) mass is 387 g/mol. The maximum absolute atomic E-state index is 5.95. The Morgan fingerprint density at radius 2 is 2.00 bits per heavy atom. The van der Waals surface area contributed by atoms with Gasteiger partial charge in [0.05, 0.1) is 13.2 Å². The first-order valence-electron chi connectivity index (χ1n) is 7.00. The highest BCUT2D eigenvalue weighted by Gasteiger charge is 2.45. The number of halogens is 1. The van der Waals surface area contributed by atoms with Gasteiger partial charge in [-0.25, -0.2) is 4.99 Å². The van der Waals surface area contributed by atoms with Crippen molar-refractivity contribution in [1.82, 2.24) is 0 Å². The van der Waals surface area contributed by atoms with E-state index in [1.54, 1.807) is 7.11 Å². The number of benzene rings is 1. The van der Waals surface area contributed by atoms with E-state index < -0.39 is 0 Å². The molecule has 3 rings (SSSR count). The summed E-state index contributed by atoms with van der Waals surface area (Å²) in [6, 6.07) is 8.15. The summed E-state index contributed by atoms with van der Waals surface area (Å²) in [6.07, 6.45) is 5.40. The van der Waals surface area contributed by atoms with Crippen LogP contribution in [0.25, 0.3) is 0 Å². The number of nitrogens with one attached hydrogen (secondary N) is 1. The summed E-state index contributed by atoms with van der Waals surface area (Å²) < 4.78 is 5.12. The van der Waals surface area contributed by atoms with E-state index in [2.05, 4.69) is 10.3 Å². The van der Waals surface area contributed by atoms with E-state index in [-0.39, 0.29) is 24.0 Å². The number of methoxy groups -OCH3 is 1. The van der Waals surface area contributed by atoms with Crippen LogP contribution >= 0.6 is 24.0 Å². The highest BCUT2D eigenvalue weighted by atomic mass is 127. The smallest absolute Gasteiger partial charge is 0.193 e. The van der Waals surface area contributed by atoms with Gasteiger partial charge in [-0.1, -0.05) is 19.3 Å². The number of hydrogen-bond acceptors (Lipinski definition) is 2. The Kier molecular flexibility index (Phi) is 5.12. The second kappa shape index (κ2) is 6.65. The van der Waals surface area contributed by atoms with E-state index in [0.29, 0.717) is 12.0 Å². The van der Waals surface area contributed by atoms with Gasteiger partial charge in [-0.15, -0.1) is 24.0 Å². The molecule has 3 N–H and O–H groups in total. The molecular weight excluding hydrogens is 365 g/mol. The van der Waals surface area contributed by atoms with Crippen molar-refractivity contribution < 1.29 is 4.74 Å². The fourth-order valence-electron chi connectivity index (χ4n) is 2.76. The van der Waals surface area contributed by atoms with Crippen LogP contribution in [0.5, 0.6) is 5.75 Å². The van der Waals surface area contributed by atoms with E-state index in [9.17, 15) is 0 Å². The molecule has 0 heterocycles. The summed E-state index contributed by atoms with van der Waals surface area (Å²) in [5.74, 6) is 3.08. The van der Waals surface area contributed by atoms with Crippen molar-refractivity contribution in [2.24, 2.45) is 22.6 Å². The number of hydrogen-bond donors (Lipinski definition) is 2. The molecule has 0 unspecified atom stereocenters. The molecule has 0 bridgehead atoms. The molecule has 110 valence electrons. The molecule has 2 saturated carbocycles. The van der Waals surface area contributed by atoms with E-state index in [0.717, 1.165) is 23.3 Å². The molecule has 0 aliphatic heterocycles. The Balaban J connectivity index is 0.00000147. The van der Waals surface area contributed by atoms with Gasteiger partial charge in [-0.3, -0.25) is 0 Å². The lowest BCUT2D eigenvalue weighted by atomic mass is 9.81. The van der Waals surface area contributed by atoms with Crippen LogP contribution in [0, 0.1) is 11.8 Å². The van der Waals surface area contributed by atoms with Crippen molar-refractivity contribution in [2.75, 3.05) is 12.4 Å². The lowest BCUT2D eigenvalue weighted by molar-refractivity contribution is 0.274. The first kappa shape index (κ1) is 15.4. The normalized spacial score (nSPS) is 25.4. The van der Waals surface area contributed by atoms with Gasteiger partial charge in [0.1, 0.15) is 5.75 Å². The molecule has 2 fully saturated rings. The Morgan fingerprint density at radius 3 is 2.55 bits per heavy atom. The number of guanidine groups is 1. The highest BCUT2D eigenvalue weighted by Crippen LogP contribution is 2.48. The van der Waals surface area contributed by atoms with Gasteiger partial charge in [-0.2, -0.15) is 0 Å². The first-order chi connectivity index (χ1) is 9.26. The van der Waals surface area contributed by atoms with Crippen LogP contribution in [0.2, 0.25) is 0 Å². The molecule has 2 aliphatic rings. The van der Waals surface area contributed by atoms with Gasteiger partial charge in [-0.05, 0) is 42.5 Å². The summed E-state index contributed by atoms with van der Waals surface area (Å²) >= 11 is 0. The third kappa shape index (κ3) is 3.56. The van der Waals surface area contributed by atoms with Crippen LogP contribution in [0.1, 0.15) is 25.7 Å². The molecule has 2 atom stereocenters. The van der Waals surface area contributed by atoms with Crippen molar-refractivity contribution in [3.8, 4) is 5.75 Å². The third-order valence-electron chi connectivity index (χ3n) is 4.23. The summed E-state index contributed by atoms with van der Waals surface area (Å²) in [5, 5.41) is 3.13. The van der Waals surface area contributed by atoms with Crippen LogP contribution < -0.4 is 15.8 Å². The van der Waals surface area contributed by atoms with Crippen molar-refractivity contribution in [3.63, 3.8) is 0 Å². The second-order valence-electron chi connectivity index (χ2n) is 5.53. The molecule has 1 aromatic rings. The lowest BCUT2D eigenvalue weighted by Gasteiger charge is -2.25. The number of nitrogens with two attached hydrogens (primary N) is 1. The van der Waals surface area contributed by atoms with E-state index in [1.165, 1.54) is 25.7 Å². The van der Waals surface area contributed by atoms with Gasteiger partial charge < -0.3 is 15.8 Å². The van der Waals surface area contributed by atoms with Crippen LogP contribution in [0.3, 0.4) is 0 Å². The maximum Gasteiger partial charge on any atom is 0.193 e. The second-order valence-corrected chi connectivity index (χ2v) is 5.53. The molecule has 5 heteroatoms. The quantitative estimate of drug-likeness (QED) is 0.474. The molecule has 1 aromatic carbocycles. The van der Waals surface area contributed by atoms with Crippen molar-refractivity contribution in [3.05, 3.63) is 24.3 Å². The highest BCUT2D eigenvalue weighted by molar-refractivity contribution is 14.0. The molecule has 0 saturated heterocycles. The molecule has 4 nitrogen and oxygen atoms in total. The predicted molar refractivity (Wildman–Crippen MR) is 92.9 cm³/mol. The number of aliphatic imine (C=N–C) groups is 1. The average Bonchev–Trinajstić information content (AvgIpc) is 3.06. The van der Waals surface area contributed by atoms with E-state index in [4.69, 9.17) is 10.5 Å². The number of nitrogens with zero attached hydrogens (tertiary/aromatic N) is 1. The minimum absolute atomic E-state index is 0. The minimum Gasteiger partial charge on any atom is -0.497 e. The molecule has 0 aromatic heterocycles. The number of rotatable bonds is 4. The zero-order valence-electron chi connectivity index (χ0n) is 11.7. The van der Waals surface area contributed by atoms with Gasteiger partial charge in [0, 0.05) is 5.69 Å². The fraction of sp³-hybridized carbons (Fsp3) is 0.533. The Hall–Kier alpha value is -0.980. The molecular formula is C15H22IN3O. The minimum atomic E-state index is 0. The Labute approximate surface area is 137 Å². The topological polar surface area (TPSA) is 59.6 Å². The molecule has 0 spiro atoms. The van der Waals surface area contributed by atoms with Crippen LogP contribution in [-0.2, 0) is 0 Å². The predicted octanol–water partition coefficient (Wildman–Crippen LogP) is 3.23. The molecule has 20 heavy (non-hydrogen) atoms. The van der Waals surface area contributed by atoms with Gasteiger partial charge in [0.25, 0.3) is 0 Å². The first-order valence-corrected chi connectivity index (χ1v) is 7.00.